The van der Waals surface area contributed by atoms with E-state index in [1.54, 1.807) is 0 Å². The Bertz CT molecular complexity index is 495. The molecule has 4 heteroatoms. The molecule has 2 N–H and O–H groups in total. The molecule has 1 aromatic rings. The van der Waals surface area contributed by atoms with Crippen molar-refractivity contribution in [3.8, 4) is 0 Å². The first-order chi connectivity index (χ1) is 11.3. The number of rotatable bonds is 7. The Balaban J connectivity index is 1.49. The van der Waals surface area contributed by atoms with E-state index in [1.165, 1.54) is 37.8 Å². The van der Waals surface area contributed by atoms with Crippen LogP contribution < -0.4 is 10.6 Å². The van der Waals surface area contributed by atoms with Crippen LogP contribution in [0.5, 0.6) is 0 Å². The minimum absolute atomic E-state index is 0.611. The summed E-state index contributed by atoms with van der Waals surface area (Å²) in [5.41, 5.74) is 1.41. The predicted molar refractivity (Wildman–Crippen MR) is 96.6 cm³/mol. The molecule has 0 spiro atoms. The Morgan fingerprint density at radius 2 is 2.00 bits per heavy atom. The van der Waals surface area contributed by atoms with Gasteiger partial charge in [-0.05, 0) is 50.6 Å². The first kappa shape index (κ1) is 16.3. The lowest BCUT2D eigenvalue weighted by Crippen LogP contribution is -2.44. The topological polar surface area (TPSA) is 39.7 Å². The van der Waals surface area contributed by atoms with Gasteiger partial charge >= 0.3 is 0 Å². The van der Waals surface area contributed by atoms with Crippen molar-refractivity contribution < 1.29 is 0 Å². The summed E-state index contributed by atoms with van der Waals surface area (Å²) < 4.78 is 0. The maximum absolute atomic E-state index is 4.72. The first-order valence-corrected chi connectivity index (χ1v) is 9.15. The summed E-state index contributed by atoms with van der Waals surface area (Å²) in [6, 6.07) is 11.4. The highest BCUT2D eigenvalue weighted by molar-refractivity contribution is 5.79. The van der Waals surface area contributed by atoms with Crippen LogP contribution in [0.4, 0.5) is 0 Å². The molecule has 1 heterocycles. The number of guanidine groups is 1. The Labute approximate surface area is 140 Å². The molecule has 1 aromatic carbocycles. The van der Waals surface area contributed by atoms with E-state index >= 15 is 0 Å². The maximum atomic E-state index is 4.72. The van der Waals surface area contributed by atoms with E-state index in [1.807, 2.05) is 0 Å². The van der Waals surface area contributed by atoms with E-state index in [2.05, 4.69) is 52.8 Å². The molecule has 2 aliphatic rings. The van der Waals surface area contributed by atoms with Gasteiger partial charge in [0.25, 0.3) is 0 Å². The molecule has 0 radical (unpaired) electrons. The summed E-state index contributed by atoms with van der Waals surface area (Å²) in [7, 11) is 0. The molecule has 1 saturated carbocycles. The molecule has 1 aliphatic carbocycles. The number of hydrogen-bond acceptors (Lipinski definition) is 2. The molecule has 0 aromatic heterocycles. The van der Waals surface area contributed by atoms with Gasteiger partial charge in [-0.15, -0.1) is 0 Å². The zero-order valence-corrected chi connectivity index (χ0v) is 14.3. The fourth-order valence-corrected chi connectivity index (χ4v) is 3.23. The van der Waals surface area contributed by atoms with Crippen molar-refractivity contribution >= 4 is 5.96 Å². The smallest absolute Gasteiger partial charge is 0.191 e. The van der Waals surface area contributed by atoms with Gasteiger partial charge in [-0.2, -0.15) is 0 Å². The third-order valence-electron chi connectivity index (χ3n) is 4.78. The Morgan fingerprint density at radius 3 is 2.74 bits per heavy atom. The molecule has 126 valence electrons. The van der Waals surface area contributed by atoms with Gasteiger partial charge in [0.15, 0.2) is 5.96 Å². The van der Waals surface area contributed by atoms with Gasteiger partial charge in [-0.3, -0.25) is 9.89 Å². The van der Waals surface area contributed by atoms with Gasteiger partial charge in [0.05, 0.1) is 0 Å². The van der Waals surface area contributed by atoms with Crippen molar-refractivity contribution in [2.24, 2.45) is 10.9 Å². The van der Waals surface area contributed by atoms with Crippen molar-refractivity contribution in [3.05, 3.63) is 35.9 Å². The van der Waals surface area contributed by atoms with Crippen LogP contribution in [0.15, 0.2) is 35.3 Å². The Hall–Kier alpha value is -1.55. The number of nitrogens with zero attached hydrogens (tertiary/aromatic N) is 2. The fourth-order valence-electron chi connectivity index (χ4n) is 3.23. The van der Waals surface area contributed by atoms with Crippen molar-refractivity contribution in [2.75, 3.05) is 26.2 Å². The highest BCUT2D eigenvalue weighted by Crippen LogP contribution is 2.28. The molecular formula is C19H30N4. The van der Waals surface area contributed by atoms with Crippen LogP contribution in [0.3, 0.4) is 0 Å². The highest BCUT2D eigenvalue weighted by Gasteiger charge is 2.25. The van der Waals surface area contributed by atoms with Crippen LogP contribution in [-0.4, -0.2) is 43.1 Å². The summed E-state index contributed by atoms with van der Waals surface area (Å²) in [6.07, 6.45) is 5.30. The third-order valence-corrected chi connectivity index (χ3v) is 4.78. The summed E-state index contributed by atoms with van der Waals surface area (Å²) in [5.74, 6) is 1.83. The minimum atomic E-state index is 0.611. The lowest BCUT2D eigenvalue weighted by atomic mass is 10.2. The lowest BCUT2D eigenvalue weighted by Gasteiger charge is -2.25. The number of hydrogen-bond donors (Lipinski definition) is 2. The molecule has 3 rings (SSSR count). The predicted octanol–water partition coefficient (Wildman–Crippen LogP) is 2.62. The van der Waals surface area contributed by atoms with Crippen LogP contribution in [0, 0.1) is 5.92 Å². The van der Waals surface area contributed by atoms with E-state index < -0.39 is 0 Å². The summed E-state index contributed by atoms with van der Waals surface area (Å²) in [4.78, 5) is 7.33. The molecule has 23 heavy (non-hydrogen) atoms. The normalized spacial score (nSPS) is 22.3. The van der Waals surface area contributed by atoms with Crippen molar-refractivity contribution in [1.29, 1.82) is 0 Å². The average molecular weight is 314 g/mol. The Morgan fingerprint density at radius 1 is 1.17 bits per heavy atom. The fraction of sp³-hybridized carbons (Fsp3) is 0.632. The van der Waals surface area contributed by atoms with Crippen molar-refractivity contribution in [3.63, 3.8) is 0 Å². The van der Waals surface area contributed by atoms with Crippen LogP contribution in [0.25, 0.3) is 0 Å². The third kappa shape index (κ3) is 5.24. The molecule has 1 unspecified atom stereocenters. The molecule has 4 nitrogen and oxygen atoms in total. The van der Waals surface area contributed by atoms with Gasteiger partial charge in [-0.25, -0.2) is 0 Å². The largest absolute Gasteiger partial charge is 0.357 e. The van der Waals surface area contributed by atoms with Gasteiger partial charge in [0.2, 0.25) is 0 Å². The van der Waals surface area contributed by atoms with Gasteiger partial charge < -0.3 is 10.6 Å². The van der Waals surface area contributed by atoms with Crippen LogP contribution in [-0.2, 0) is 6.54 Å². The minimum Gasteiger partial charge on any atom is -0.357 e. The highest BCUT2D eigenvalue weighted by atomic mass is 15.2. The van der Waals surface area contributed by atoms with Gasteiger partial charge in [0.1, 0.15) is 0 Å². The average Bonchev–Trinajstić information content (AvgIpc) is 3.31. The van der Waals surface area contributed by atoms with Crippen molar-refractivity contribution in [2.45, 2.75) is 45.2 Å². The summed E-state index contributed by atoms with van der Waals surface area (Å²) >= 11 is 0. The summed E-state index contributed by atoms with van der Waals surface area (Å²) in [6.45, 7) is 7.29. The standard InChI is InChI=1S/C19H30N4/c1-2-20-19(21-13-16-10-11-16)22-14-18-9-6-12-23(18)15-17-7-4-3-5-8-17/h3-5,7-8,16,18H,2,6,9-15H2,1H3,(H2,20,21,22). The monoisotopic (exact) mass is 314 g/mol. The van der Waals surface area contributed by atoms with Crippen LogP contribution in [0.1, 0.15) is 38.2 Å². The van der Waals surface area contributed by atoms with Crippen LogP contribution in [0.2, 0.25) is 0 Å². The van der Waals surface area contributed by atoms with E-state index in [-0.39, 0.29) is 0 Å². The molecular weight excluding hydrogens is 284 g/mol. The van der Waals surface area contributed by atoms with Gasteiger partial charge in [-0.1, -0.05) is 30.3 Å². The van der Waals surface area contributed by atoms with E-state index in [0.29, 0.717) is 6.04 Å². The van der Waals surface area contributed by atoms with E-state index in [9.17, 15) is 0 Å². The van der Waals surface area contributed by atoms with Gasteiger partial charge in [0, 0.05) is 32.2 Å². The molecule has 2 fully saturated rings. The van der Waals surface area contributed by atoms with Crippen molar-refractivity contribution in [1.82, 2.24) is 15.5 Å². The van der Waals surface area contributed by atoms with E-state index in [0.717, 1.165) is 38.1 Å². The van der Waals surface area contributed by atoms with E-state index in [4.69, 9.17) is 4.99 Å². The molecule has 0 amide bonds. The number of aliphatic imine (C=N–C) groups is 1. The SMILES string of the molecule is CCNC(=NCC1CC1)NCC1CCCN1Cc1ccccc1. The number of likely N-dealkylation sites (tertiary alicyclic amines) is 1. The molecule has 1 saturated heterocycles. The second-order valence-electron chi connectivity index (χ2n) is 6.80. The van der Waals surface area contributed by atoms with Crippen LogP contribution >= 0.6 is 0 Å². The molecule has 1 aliphatic heterocycles. The molecule has 0 bridgehead atoms. The number of benzene rings is 1. The first-order valence-electron chi connectivity index (χ1n) is 9.15. The molecule has 1 atom stereocenters. The lowest BCUT2D eigenvalue weighted by molar-refractivity contribution is 0.245. The second-order valence-corrected chi connectivity index (χ2v) is 6.80. The number of nitrogens with one attached hydrogen (secondary N) is 2. The zero-order chi connectivity index (χ0) is 15.9. The summed E-state index contributed by atoms with van der Waals surface area (Å²) in [5, 5.41) is 6.93. The second kappa shape index (κ2) is 8.34. The maximum Gasteiger partial charge on any atom is 0.191 e. The zero-order valence-electron chi connectivity index (χ0n) is 14.3. The quantitative estimate of drug-likeness (QED) is 0.600. The Kier molecular flexibility index (Phi) is 5.92.